The van der Waals surface area contributed by atoms with E-state index in [2.05, 4.69) is 5.32 Å². The van der Waals surface area contributed by atoms with Crippen LogP contribution in [-0.4, -0.2) is 46.1 Å². The van der Waals surface area contributed by atoms with Crippen LogP contribution in [0.2, 0.25) is 0 Å². The lowest BCUT2D eigenvalue weighted by Crippen LogP contribution is -2.47. The number of rotatable bonds is 4. The third kappa shape index (κ3) is 4.16. The van der Waals surface area contributed by atoms with Gasteiger partial charge in [-0.3, -0.25) is 4.79 Å². The molecule has 1 fully saturated rings. The average molecular weight is 393 g/mol. The molecule has 0 aromatic heterocycles. The fourth-order valence-electron chi connectivity index (χ4n) is 3.67. The molecule has 3 aromatic rings. The summed E-state index contributed by atoms with van der Waals surface area (Å²) in [6, 6.07) is 20.6. The number of carbonyl (C=O) groups excluding carboxylic acids is 1. The predicted octanol–water partition coefficient (Wildman–Crippen LogP) is 2.64. The molecule has 0 aliphatic carbocycles. The summed E-state index contributed by atoms with van der Waals surface area (Å²) in [5, 5.41) is 34.3. The molecule has 4 rings (SSSR count). The van der Waals surface area contributed by atoms with Gasteiger partial charge in [0.2, 0.25) is 0 Å². The minimum Gasteiger partial charge on any atom is -0.394 e. The van der Waals surface area contributed by atoms with Crippen molar-refractivity contribution in [3.63, 3.8) is 0 Å². The summed E-state index contributed by atoms with van der Waals surface area (Å²) in [4.78, 5) is 12.7. The molecule has 0 spiro atoms. The standard InChI is InChI=1S/C23H23NO5/c25-13-21-22(27)19(26)12-20(29-21)16-6-3-7-17(10-16)23(28)24-18-9-8-14-4-1-2-5-15(14)11-18/h1-11,19-22,25-27H,12-13H2,(H,24,28). The lowest BCUT2D eigenvalue weighted by Gasteiger charge is -2.36. The fraction of sp³-hybridized carbons (Fsp3) is 0.261. The van der Waals surface area contributed by atoms with E-state index in [4.69, 9.17) is 4.74 Å². The van der Waals surface area contributed by atoms with Gasteiger partial charge >= 0.3 is 0 Å². The highest BCUT2D eigenvalue weighted by Gasteiger charge is 2.37. The van der Waals surface area contributed by atoms with Crippen molar-refractivity contribution in [2.45, 2.75) is 30.8 Å². The zero-order valence-electron chi connectivity index (χ0n) is 15.7. The van der Waals surface area contributed by atoms with E-state index in [1.54, 1.807) is 24.3 Å². The van der Waals surface area contributed by atoms with Crippen LogP contribution in [0.25, 0.3) is 10.8 Å². The van der Waals surface area contributed by atoms with Gasteiger partial charge in [-0.25, -0.2) is 0 Å². The molecule has 1 aliphatic rings. The number of anilines is 1. The van der Waals surface area contributed by atoms with Crippen molar-refractivity contribution in [2.75, 3.05) is 11.9 Å². The molecule has 0 bridgehead atoms. The van der Waals surface area contributed by atoms with E-state index >= 15 is 0 Å². The molecule has 1 heterocycles. The maximum absolute atomic E-state index is 12.7. The summed E-state index contributed by atoms with van der Waals surface area (Å²) in [5.41, 5.74) is 1.87. The largest absolute Gasteiger partial charge is 0.394 e. The Kier molecular flexibility index (Phi) is 5.60. The van der Waals surface area contributed by atoms with E-state index in [-0.39, 0.29) is 12.3 Å². The predicted molar refractivity (Wildman–Crippen MR) is 110 cm³/mol. The molecule has 1 aliphatic heterocycles. The van der Waals surface area contributed by atoms with Crippen molar-refractivity contribution in [3.8, 4) is 0 Å². The van der Waals surface area contributed by atoms with Gasteiger partial charge in [0.15, 0.2) is 0 Å². The van der Waals surface area contributed by atoms with Gasteiger partial charge in [0.05, 0.1) is 18.8 Å². The van der Waals surface area contributed by atoms with Gasteiger partial charge in [0.25, 0.3) is 5.91 Å². The van der Waals surface area contributed by atoms with E-state index in [0.29, 0.717) is 16.8 Å². The average Bonchev–Trinajstić information content (AvgIpc) is 2.75. The minimum absolute atomic E-state index is 0.188. The first kappa shape index (κ1) is 19.5. The number of carbonyl (C=O) groups is 1. The number of benzene rings is 3. The monoisotopic (exact) mass is 393 g/mol. The Morgan fingerprint density at radius 1 is 1.00 bits per heavy atom. The number of nitrogens with one attached hydrogen (secondary N) is 1. The molecule has 4 atom stereocenters. The molecule has 29 heavy (non-hydrogen) atoms. The topological polar surface area (TPSA) is 99.0 Å². The Balaban J connectivity index is 1.52. The van der Waals surface area contributed by atoms with E-state index in [1.807, 2.05) is 42.5 Å². The second-order valence-corrected chi connectivity index (χ2v) is 7.28. The molecule has 6 nitrogen and oxygen atoms in total. The van der Waals surface area contributed by atoms with Crippen LogP contribution in [0.3, 0.4) is 0 Å². The molecule has 0 saturated carbocycles. The van der Waals surface area contributed by atoms with Crippen molar-refractivity contribution < 1.29 is 24.9 Å². The SMILES string of the molecule is O=C(Nc1ccc2ccccc2c1)c1cccc(C2CC(O)C(O)C(CO)O2)c1. The van der Waals surface area contributed by atoms with Gasteiger partial charge in [-0.2, -0.15) is 0 Å². The van der Waals surface area contributed by atoms with E-state index in [1.165, 1.54) is 0 Å². The second kappa shape index (κ2) is 8.31. The van der Waals surface area contributed by atoms with Crippen LogP contribution >= 0.6 is 0 Å². The molecule has 3 aromatic carbocycles. The Labute approximate surface area is 168 Å². The van der Waals surface area contributed by atoms with Crippen molar-refractivity contribution in [2.24, 2.45) is 0 Å². The van der Waals surface area contributed by atoms with Crippen LogP contribution in [0.5, 0.6) is 0 Å². The summed E-state index contributed by atoms with van der Waals surface area (Å²) in [6.45, 7) is -0.392. The first-order valence-corrected chi connectivity index (χ1v) is 9.57. The van der Waals surface area contributed by atoms with Crippen molar-refractivity contribution >= 4 is 22.4 Å². The zero-order valence-corrected chi connectivity index (χ0v) is 15.7. The summed E-state index contributed by atoms with van der Waals surface area (Å²) < 4.78 is 5.71. The van der Waals surface area contributed by atoms with Gasteiger partial charge in [0.1, 0.15) is 12.2 Å². The maximum atomic E-state index is 12.7. The van der Waals surface area contributed by atoms with Crippen LogP contribution in [0.1, 0.15) is 28.4 Å². The van der Waals surface area contributed by atoms with E-state index in [0.717, 1.165) is 10.8 Å². The van der Waals surface area contributed by atoms with Gasteiger partial charge in [0, 0.05) is 17.7 Å². The van der Waals surface area contributed by atoms with Crippen molar-refractivity contribution in [1.29, 1.82) is 0 Å². The molecule has 4 unspecified atom stereocenters. The number of amides is 1. The summed E-state index contributed by atoms with van der Waals surface area (Å²) in [7, 11) is 0. The fourth-order valence-corrected chi connectivity index (χ4v) is 3.67. The van der Waals surface area contributed by atoms with Crippen LogP contribution < -0.4 is 5.32 Å². The second-order valence-electron chi connectivity index (χ2n) is 7.28. The van der Waals surface area contributed by atoms with Crippen molar-refractivity contribution in [3.05, 3.63) is 77.9 Å². The maximum Gasteiger partial charge on any atom is 0.255 e. The number of aliphatic hydroxyl groups excluding tert-OH is 3. The number of aliphatic hydroxyl groups is 3. The summed E-state index contributed by atoms with van der Waals surface area (Å²) in [6.07, 6.45) is -3.32. The van der Waals surface area contributed by atoms with Gasteiger partial charge in [-0.15, -0.1) is 0 Å². The highest BCUT2D eigenvalue weighted by molar-refractivity contribution is 6.05. The van der Waals surface area contributed by atoms with Crippen LogP contribution in [0, 0.1) is 0 Å². The van der Waals surface area contributed by atoms with Gasteiger partial charge in [-0.05, 0) is 40.6 Å². The first-order valence-electron chi connectivity index (χ1n) is 9.57. The quantitative estimate of drug-likeness (QED) is 0.546. The Morgan fingerprint density at radius 3 is 2.59 bits per heavy atom. The number of hydrogen-bond acceptors (Lipinski definition) is 5. The minimum atomic E-state index is -1.13. The third-order valence-corrected chi connectivity index (χ3v) is 5.28. The van der Waals surface area contributed by atoms with Gasteiger partial charge < -0.3 is 25.4 Å². The first-order chi connectivity index (χ1) is 14.0. The molecular weight excluding hydrogens is 370 g/mol. The summed E-state index contributed by atoms with van der Waals surface area (Å²) in [5.74, 6) is -0.253. The number of fused-ring (bicyclic) bond motifs is 1. The molecule has 4 N–H and O–H groups in total. The number of hydrogen-bond donors (Lipinski definition) is 4. The van der Waals surface area contributed by atoms with E-state index in [9.17, 15) is 20.1 Å². The highest BCUT2D eigenvalue weighted by atomic mass is 16.5. The molecule has 1 saturated heterocycles. The van der Waals surface area contributed by atoms with Gasteiger partial charge in [-0.1, -0.05) is 42.5 Å². The van der Waals surface area contributed by atoms with Crippen LogP contribution in [0.15, 0.2) is 66.7 Å². The van der Waals surface area contributed by atoms with Crippen molar-refractivity contribution in [1.82, 2.24) is 0 Å². The molecule has 1 amide bonds. The number of ether oxygens (including phenoxy) is 1. The lowest BCUT2D eigenvalue weighted by molar-refractivity contribution is -0.181. The molecule has 150 valence electrons. The lowest BCUT2D eigenvalue weighted by atomic mass is 9.93. The normalized spacial score (nSPS) is 24.4. The van der Waals surface area contributed by atoms with E-state index < -0.39 is 31.0 Å². The Bertz CT molecular complexity index is 1020. The zero-order chi connectivity index (χ0) is 20.4. The highest BCUT2D eigenvalue weighted by Crippen LogP contribution is 2.32. The third-order valence-electron chi connectivity index (χ3n) is 5.28. The molecular formula is C23H23NO5. The molecule has 0 radical (unpaired) electrons. The van der Waals surface area contributed by atoms with Crippen LogP contribution in [0.4, 0.5) is 5.69 Å². The van der Waals surface area contributed by atoms with Crippen LogP contribution in [-0.2, 0) is 4.74 Å². The Morgan fingerprint density at radius 2 is 1.79 bits per heavy atom. The Hall–Kier alpha value is -2.77. The summed E-state index contributed by atoms with van der Waals surface area (Å²) >= 11 is 0. The smallest absolute Gasteiger partial charge is 0.255 e. The molecule has 6 heteroatoms.